The number of carbonyl (C=O) groups excluding carboxylic acids is 3. The van der Waals surface area contributed by atoms with Gasteiger partial charge in [0.1, 0.15) is 11.6 Å². The molecule has 0 saturated heterocycles. The van der Waals surface area contributed by atoms with Crippen molar-refractivity contribution in [3.05, 3.63) is 65.0 Å². The summed E-state index contributed by atoms with van der Waals surface area (Å²) >= 11 is 0. The molecule has 0 aliphatic carbocycles. The van der Waals surface area contributed by atoms with Gasteiger partial charge in [0.05, 0.1) is 0 Å². The topological polar surface area (TPSA) is 84.5 Å². The first kappa shape index (κ1) is 20.1. The number of hydrogen-bond acceptors (Lipinski definition) is 4. The van der Waals surface area contributed by atoms with E-state index in [0.29, 0.717) is 16.9 Å². The lowest BCUT2D eigenvalue weighted by molar-refractivity contribution is -0.123. The quantitative estimate of drug-likeness (QED) is 0.550. The predicted octanol–water partition coefficient (Wildman–Crippen LogP) is 2.26. The van der Waals surface area contributed by atoms with E-state index in [1.165, 1.54) is 25.1 Å². The van der Waals surface area contributed by atoms with Gasteiger partial charge in [-0.1, -0.05) is 18.2 Å². The number of Topliss-reactive ketones (excluding diaryl/α,β-unsaturated/α-hetero) is 1. The Labute approximate surface area is 156 Å². The third-order valence-electron chi connectivity index (χ3n) is 3.78. The van der Waals surface area contributed by atoms with Crippen LogP contribution in [0.2, 0.25) is 0 Å². The van der Waals surface area contributed by atoms with Gasteiger partial charge in [-0.25, -0.2) is 4.39 Å². The molecule has 2 N–H and O–H groups in total. The van der Waals surface area contributed by atoms with Gasteiger partial charge in [-0.15, -0.1) is 0 Å². The maximum Gasteiger partial charge on any atom is 0.258 e. The summed E-state index contributed by atoms with van der Waals surface area (Å²) in [5.74, 6) is -0.886. The number of amides is 2. The third kappa shape index (κ3) is 6.22. The Kier molecular flexibility index (Phi) is 7.05. The summed E-state index contributed by atoms with van der Waals surface area (Å²) in [6, 6.07) is 10.8. The Morgan fingerprint density at radius 3 is 2.44 bits per heavy atom. The lowest BCUT2D eigenvalue weighted by Crippen LogP contribution is -2.36. The monoisotopic (exact) mass is 372 g/mol. The number of halogens is 1. The van der Waals surface area contributed by atoms with Crippen molar-refractivity contribution >= 4 is 17.6 Å². The molecule has 0 atom stereocenters. The zero-order valence-corrected chi connectivity index (χ0v) is 15.2. The second-order valence-electron chi connectivity index (χ2n) is 5.94. The molecule has 0 aliphatic rings. The highest BCUT2D eigenvalue weighted by Crippen LogP contribution is 2.13. The van der Waals surface area contributed by atoms with Crippen molar-refractivity contribution < 1.29 is 23.5 Å². The van der Waals surface area contributed by atoms with Crippen LogP contribution in [0.25, 0.3) is 0 Å². The lowest BCUT2D eigenvalue weighted by Gasteiger charge is -2.09. The third-order valence-corrected chi connectivity index (χ3v) is 3.78. The molecular weight excluding hydrogens is 351 g/mol. The molecule has 2 rings (SSSR count). The molecule has 0 saturated carbocycles. The van der Waals surface area contributed by atoms with Crippen LogP contribution in [0.4, 0.5) is 4.39 Å². The minimum atomic E-state index is -0.443. The minimum absolute atomic E-state index is 0.0888. The van der Waals surface area contributed by atoms with E-state index in [1.807, 2.05) is 0 Å². The van der Waals surface area contributed by atoms with Gasteiger partial charge in [-0.05, 0) is 43.7 Å². The molecule has 0 radical (unpaired) electrons. The smallest absolute Gasteiger partial charge is 0.258 e. The number of benzene rings is 2. The fourth-order valence-corrected chi connectivity index (χ4v) is 2.22. The van der Waals surface area contributed by atoms with Gasteiger partial charge in [-0.2, -0.15) is 0 Å². The normalized spacial score (nSPS) is 10.2. The number of carbonyl (C=O) groups is 3. The summed E-state index contributed by atoms with van der Waals surface area (Å²) < 4.78 is 18.8. The van der Waals surface area contributed by atoms with Crippen LogP contribution >= 0.6 is 0 Å². The molecule has 2 amide bonds. The van der Waals surface area contributed by atoms with Crippen molar-refractivity contribution in [2.45, 2.75) is 13.8 Å². The van der Waals surface area contributed by atoms with Crippen molar-refractivity contribution in [1.82, 2.24) is 10.6 Å². The molecule has 142 valence electrons. The van der Waals surface area contributed by atoms with E-state index < -0.39 is 11.7 Å². The number of rotatable bonds is 8. The molecule has 0 aromatic heterocycles. The number of aryl methyl sites for hydroxylation is 1. The van der Waals surface area contributed by atoms with Crippen LogP contribution in [0, 0.1) is 12.7 Å². The summed E-state index contributed by atoms with van der Waals surface area (Å²) in [6.45, 7) is 3.25. The lowest BCUT2D eigenvalue weighted by atomic mass is 10.1. The molecule has 0 aliphatic heterocycles. The van der Waals surface area contributed by atoms with E-state index in [9.17, 15) is 18.8 Å². The first-order valence-corrected chi connectivity index (χ1v) is 8.41. The molecule has 2 aromatic rings. The fraction of sp³-hybridized carbons (Fsp3) is 0.250. The first-order chi connectivity index (χ1) is 12.9. The van der Waals surface area contributed by atoms with Gasteiger partial charge in [0.25, 0.3) is 11.8 Å². The number of ketones is 1. The molecule has 27 heavy (non-hydrogen) atoms. The highest BCUT2D eigenvalue weighted by Gasteiger charge is 2.08. The van der Waals surface area contributed by atoms with E-state index in [2.05, 4.69) is 10.6 Å². The molecule has 0 heterocycles. The molecular formula is C20H21FN2O4. The van der Waals surface area contributed by atoms with Gasteiger partial charge in [0.2, 0.25) is 0 Å². The van der Waals surface area contributed by atoms with E-state index in [1.54, 1.807) is 31.2 Å². The van der Waals surface area contributed by atoms with Crippen LogP contribution in [0.15, 0.2) is 42.5 Å². The van der Waals surface area contributed by atoms with Gasteiger partial charge in [0.15, 0.2) is 12.4 Å². The van der Waals surface area contributed by atoms with Crippen molar-refractivity contribution in [1.29, 1.82) is 0 Å². The average molecular weight is 372 g/mol. The maximum atomic E-state index is 13.5. The van der Waals surface area contributed by atoms with Crippen LogP contribution in [0.5, 0.6) is 5.75 Å². The zero-order valence-electron chi connectivity index (χ0n) is 15.2. The Balaban J connectivity index is 1.70. The van der Waals surface area contributed by atoms with E-state index in [4.69, 9.17) is 4.74 Å². The summed E-state index contributed by atoms with van der Waals surface area (Å²) in [5, 5.41) is 5.19. The van der Waals surface area contributed by atoms with E-state index in [-0.39, 0.29) is 37.0 Å². The highest BCUT2D eigenvalue weighted by molar-refractivity contribution is 5.94. The standard InChI is InChI=1S/C20H21FN2O4/c1-13-6-7-16(11-18(13)21)20(26)23-9-8-22-19(25)12-27-17-5-3-4-15(10-17)14(2)24/h3-7,10-11H,8-9,12H2,1-2H3,(H,22,25)(H,23,26). The van der Waals surface area contributed by atoms with Crippen molar-refractivity contribution in [2.24, 2.45) is 0 Å². The Hall–Kier alpha value is -3.22. The summed E-state index contributed by atoms with van der Waals surface area (Å²) in [4.78, 5) is 35.0. The van der Waals surface area contributed by atoms with Gasteiger partial charge >= 0.3 is 0 Å². The molecule has 6 nitrogen and oxygen atoms in total. The average Bonchev–Trinajstić information content (AvgIpc) is 2.65. The van der Waals surface area contributed by atoms with Crippen molar-refractivity contribution in [2.75, 3.05) is 19.7 Å². The number of hydrogen-bond donors (Lipinski definition) is 2. The van der Waals surface area contributed by atoms with Crippen molar-refractivity contribution in [3.8, 4) is 5.75 Å². The predicted molar refractivity (Wildman–Crippen MR) is 98.4 cm³/mol. The van der Waals surface area contributed by atoms with Gasteiger partial charge < -0.3 is 15.4 Å². The summed E-state index contributed by atoms with van der Waals surface area (Å²) in [5.41, 5.74) is 1.19. The summed E-state index contributed by atoms with van der Waals surface area (Å²) in [7, 11) is 0. The molecule has 0 unspecified atom stereocenters. The van der Waals surface area contributed by atoms with Gasteiger partial charge in [-0.3, -0.25) is 14.4 Å². The van der Waals surface area contributed by atoms with Crippen molar-refractivity contribution in [3.63, 3.8) is 0 Å². The first-order valence-electron chi connectivity index (χ1n) is 8.41. The number of nitrogens with one attached hydrogen (secondary N) is 2. The van der Waals surface area contributed by atoms with E-state index in [0.717, 1.165) is 0 Å². The van der Waals surface area contributed by atoms with E-state index >= 15 is 0 Å². The molecule has 0 fully saturated rings. The van der Waals surface area contributed by atoms with Crippen LogP contribution < -0.4 is 15.4 Å². The Morgan fingerprint density at radius 1 is 1.00 bits per heavy atom. The molecule has 7 heteroatoms. The fourth-order valence-electron chi connectivity index (χ4n) is 2.22. The minimum Gasteiger partial charge on any atom is -0.484 e. The van der Waals surface area contributed by atoms with Crippen LogP contribution in [-0.4, -0.2) is 37.3 Å². The molecule has 2 aromatic carbocycles. The Morgan fingerprint density at radius 2 is 1.74 bits per heavy atom. The Bertz CT molecular complexity index is 852. The second kappa shape index (κ2) is 9.47. The maximum absolute atomic E-state index is 13.5. The largest absolute Gasteiger partial charge is 0.484 e. The van der Waals surface area contributed by atoms with Crippen LogP contribution in [0.3, 0.4) is 0 Å². The zero-order chi connectivity index (χ0) is 19.8. The van der Waals surface area contributed by atoms with Gasteiger partial charge in [0, 0.05) is 24.2 Å². The number of ether oxygens (including phenoxy) is 1. The molecule has 0 spiro atoms. The second-order valence-corrected chi connectivity index (χ2v) is 5.94. The van der Waals surface area contributed by atoms with Crippen LogP contribution in [0.1, 0.15) is 33.2 Å². The summed E-state index contributed by atoms with van der Waals surface area (Å²) in [6.07, 6.45) is 0. The van der Waals surface area contributed by atoms with Crippen LogP contribution in [-0.2, 0) is 4.79 Å². The SMILES string of the molecule is CC(=O)c1cccc(OCC(=O)NCCNC(=O)c2ccc(C)c(F)c2)c1. The molecule has 0 bridgehead atoms. The highest BCUT2D eigenvalue weighted by atomic mass is 19.1.